The first kappa shape index (κ1) is 10.9. The summed E-state index contributed by atoms with van der Waals surface area (Å²) in [6.45, 7) is 2.02. The highest BCUT2D eigenvalue weighted by atomic mass is 35.5. The summed E-state index contributed by atoms with van der Waals surface area (Å²) in [4.78, 5) is 0. The molecule has 0 radical (unpaired) electrons. The molecule has 0 spiro atoms. The Kier molecular flexibility index (Phi) is 3.38. The van der Waals surface area contributed by atoms with E-state index in [1.54, 1.807) is 7.05 Å². The maximum Gasteiger partial charge on any atom is 0.125 e. The minimum Gasteiger partial charge on any atom is -0.388 e. The predicted molar refractivity (Wildman–Crippen MR) is 60.1 cm³/mol. The van der Waals surface area contributed by atoms with E-state index < -0.39 is 0 Å². The van der Waals surface area contributed by atoms with Gasteiger partial charge in [0.05, 0.1) is 5.70 Å². The van der Waals surface area contributed by atoms with Gasteiger partial charge in [-0.25, -0.2) is 5.84 Å². The van der Waals surface area contributed by atoms with E-state index in [4.69, 9.17) is 23.2 Å². The van der Waals surface area contributed by atoms with Crippen LogP contribution in [0.3, 0.4) is 0 Å². The first-order valence-electron chi connectivity index (χ1n) is 4.23. The summed E-state index contributed by atoms with van der Waals surface area (Å²) in [6, 6.07) is 7.84. The van der Waals surface area contributed by atoms with Gasteiger partial charge >= 0.3 is 0 Å². The summed E-state index contributed by atoms with van der Waals surface area (Å²) in [7, 11) is 1.70. The van der Waals surface area contributed by atoms with Crippen LogP contribution in [0.25, 0.3) is 5.70 Å². The van der Waals surface area contributed by atoms with Gasteiger partial charge in [-0.05, 0) is 6.92 Å². The topological polar surface area (TPSA) is 55.3 Å². The van der Waals surface area contributed by atoms with Crippen LogP contribution in [0.5, 0.6) is 0 Å². The number of halogens is 1. The fourth-order valence-corrected chi connectivity index (χ4v) is 1.46. The van der Waals surface area contributed by atoms with Gasteiger partial charge in [0.15, 0.2) is 0 Å². The molecule has 0 aliphatic rings. The van der Waals surface area contributed by atoms with Crippen molar-refractivity contribution >= 4 is 17.3 Å². The van der Waals surface area contributed by atoms with Crippen molar-refractivity contribution < 1.29 is 0 Å². The van der Waals surface area contributed by atoms with E-state index in [2.05, 4.69) is 0 Å². The second-order valence-electron chi connectivity index (χ2n) is 3.17. The van der Waals surface area contributed by atoms with E-state index in [0.29, 0.717) is 5.70 Å². The van der Waals surface area contributed by atoms with E-state index >= 15 is 0 Å². The Morgan fingerprint density at radius 2 is 1.79 bits per heavy atom. The number of hydrazine groups is 1. The zero-order chi connectivity index (χ0) is 10.7. The van der Waals surface area contributed by atoms with Crippen LogP contribution < -0.4 is 11.6 Å². The summed E-state index contributed by atoms with van der Waals surface area (Å²) in [5.74, 6) is 5.62. The van der Waals surface area contributed by atoms with Crippen LogP contribution in [-0.4, -0.2) is 12.1 Å². The molecule has 76 valence electrons. The van der Waals surface area contributed by atoms with Crippen molar-refractivity contribution in [1.29, 1.82) is 0 Å². The summed E-state index contributed by atoms with van der Waals surface area (Å²) in [5, 5.41) is 1.60. The van der Waals surface area contributed by atoms with Crippen molar-refractivity contribution in [2.45, 2.75) is 6.92 Å². The molecular formula is C10H14ClN3. The van der Waals surface area contributed by atoms with Gasteiger partial charge in [-0.2, -0.15) is 0 Å². The molecule has 14 heavy (non-hydrogen) atoms. The first-order valence-corrected chi connectivity index (χ1v) is 4.61. The van der Waals surface area contributed by atoms with E-state index in [-0.39, 0.29) is 5.16 Å². The zero-order valence-corrected chi connectivity index (χ0v) is 9.05. The Morgan fingerprint density at radius 3 is 2.14 bits per heavy atom. The monoisotopic (exact) mass is 211 g/mol. The SMILES string of the molecule is Cc1ccc(/C(=C(/N)Cl)N(C)N)cc1. The molecule has 0 aromatic heterocycles. The number of benzene rings is 1. The second-order valence-corrected chi connectivity index (χ2v) is 3.58. The number of aryl methyl sites for hydroxylation is 1. The number of nitrogens with zero attached hydrogens (tertiary/aromatic N) is 1. The molecule has 4 N–H and O–H groups in total. The van der Waals surface area contributed by atoms with Crippen LogP contribution >= 0.6 is 11.6 Å². The average Bonchev–Trinajstić information content (AvgIpc) is 2.07. The van der Waals surface area contributed by atoms with Gasteiger partial charge in [0.1, 0.15) is 5.16 Å². The second kappa shape index (κ2) is 4.35. The highest BCUT2D eigenvalue weighted by Gasteiger charge is 2.07. The van der Waals surface area contributed by atoms with Crippen molar-refractivity contribution in [2.75, 3.05) is 7.05 Å². The molecule has 3 nitrogen and oxygen atoms in total. The lowest BCUT2D eigenvalue weighted by atomic mass is 10.1. The van der Waals surface area contributed by atoms with Gasteiger partial charge in [-0.3, -0.25) is 0 Å². The molecule has 0 unspecified atom stereocenters. The van der Waals surface area contributed by atoms with Crippen molar-refractivity contribution in [1.82, 2.24) is 5.01 Å². The Balaban J connectivity index is 3.14. The molecule has 0 saturated heterocycles. The highest BCUT2D eigenvalue weighted by molar-refractivity contribution is 6.31. The number of nitrogens with two attached hydrogens (primary N) is 2. The van der Waals surface area contributed by atoms with Gasteiger partial charge in [0, 0.05) is 12.6 Å². The molecule has 0 saturated carbocycles. The average molecular weight is 212 g/mol. The minimum atomic E-state index is 0.193. The highest BCUT2D eigenvalue weighted by Crippen LogP contribution is 2.19. The van der Waals surface area contributed by atoms with Gasteiger partial charge in [-0.15, -0.1) is 0 Å². The van der Waals surface area contributed by atoms with Crippen molar-refractivity contribution in [3.05, 3.63) is 40.5 Å². The quantitative estimate of drug-likeness (QED) is 0.444. The Bertz CT molecular complexity index is 337. The van der Waals surface area contributed by atoms with Crippen LogP contribution in [-0.2, 0) is 0 Å². The van der Waals surface area contributed by atoms with Crippen molar-refractivity contribution in [2.24, 2.45) is 11.6 Å². The maximum absolute atomic E-state index is 5.75. The predicted octanol–water partition coefficient (Wildman–Crippen LogP) is 1.62. The molecule has 0 heterocycles. The summed E-state index contributed by atoms with van der Waals surface area (Å²) in [6.07, 6.45) is 0. The van der Waals surface area contributed by atoms with E-state index in [9.17, 15) is 0 Å². The van der Waals surface area contributed by atoms with Crippen molar-refractivity contribution in [3.8, 4) is 0 Å². The zero-order valence-electron chi connectivity index (χ0n) is 8.29. The molecular weight excluding hydrogens is 198 g/mol. The van der Waals surface area contributed by atoms with Crippen LogP contribution in [0.1, 0.15) is 11.1 Å². The van der Waals surface area contributed by atoms with Crippen LogP contribution in [0.4, 0.5) is 0 Å². The van der Waals surface area contributed by atoms with Gasteiger partial charge < -0.3 is 10.7 Å². The fourth-order valence-electron chi connectivity index (χ4n) is 1.22. The number of hydrogen-bond donors (Lipinski definition) is 2. The third kappa shape index (κ3) is 2.40. The lowest BCUT2D eigenvalue weighted by molar-refractivity contribution is 0.509. The lowest BCUT2D eigenvalue weighted by Gasteiger charge is -2.17. The van der Waals surface area contributed by atoms with Gasteiger partial charge in [-0.1, -0.05) is 41.4 Å². The lowest BCUT2D eigenvalue weighted by Crippen LogP contribution is -2.26. The Labute approximate surface area is 88.9 Å². The molecule has 1 aromatic carbocycles. The maximum atomic E-state index is 5.75. The molecule has 0 fully saturated rings. The third-order valence-corrected chi connectivity index (χ3v) is 2.08. The molecule has 0 amide bonds. The summed E-state index contributed by atoms with van der Waals surface area (Å²) < 4.78 is 0. The molecule has 0 bridgehead atoms. The van der Waals surface area contributed by atoms with Gasteiger partial charge in [0.2, 0.25) is 0 Å². The smallest absolute Gasteiger partial charge is 0.125 e. The molecule has 4 heteroatoms. The molecule has 1 rings (SSSR count). The largest absolute Gasteiger partial charge is 0.388 e. The summed E-state index contributed by atoms with van der Waals surface area (Å²) in [5.41, 5.74) is 8.25. The molecule has 0 atom stereocenters. The van der Waals surface area contributed by atoms with E-state index in [1.807, 2.05) is 31.2 Å². The van der Waals surface area contributed by atoms with Crippen LogP contribution in [0.2, 0.25) is 0 Å². The van der Waals surface area contributed by atoms with Crippen LogP contribution in [0, 0.1) is 6.92 Å². The third-order valence-electron chi connectivity index (χ3n) is 1.90. The van der Waals surface area contributed by atoms with E-state index in [0.717, 1.165) is 5.56 Å². The molecule has 0 aliphatic heterocycles. The molecule has 1 aromatic rings. The summed E-state index contributed by atoms with van der Waals surface area (Å²) >= 11 is 5.75. The Hall–Kier alpha value is -1.19. The standard InChI is InChI=1S/C10H14ClN3/c1-7-3-5-8(6-4-7)9(10(11)12)14(2)13/h3-6H,12-13H2,1-2H3/b10-9-. The van der Waals surface area contributed by atoms with Crippen LogP contribution in [0.15, 0.2) is 29.4 Å². The van der Waals surface area contributed by atoms with Gasteiger partial charge in [0.25, 0.3) is 0 Å². The normalized spacial score (nSPS) is 12.3. The minimum absolute atomic E-state index is 0.193. The first-order chi connectivity index (χ1) is 6.52. The molecule has 0 aliphatic carbocycles. The van der Waals surface area contributed by atoms with E-state index in [1.165, 1.54) is 10.6 Å². The number of rotatable bonds is 2. The Morgan fingerprint density at radius 1 is 1.29 bits per heavy atom. The number of hydrogen-bond acceptors (Lipinski definition) is 3. The fraction of sp³-hybridized carbons (Fsp3) is 0.200. The van der Waals surface area contributed by atoms with Crippen molar-refractivity contribution in [3.63, 3.8) is 0 Å².